The number of nitrogens with zero attached hydrogens (tertiary/aromatic N) is 3. The van der Waals surface area contributed by atoms with Crippen LogP contribution >= 0.6 is 0 Å². The molecule has 0 aliphatic carbocycles. The maximum atomic E-state index is 12.4. The van der Waals surface area contributed by atoms with Gasteiger partial charge in [0.2, 0.25) is 0 Å². The van der Waals surface area contributed by atoms with E-state index < -0.39 is 5.91 Å². The Hall–Kier alpha value is -3.62. The van der Waals surface area contributed by atoms with E-state index in [2.05, 4.69) is 25.8 Å². The molecule has 0 unspecified atom stereocenters. The number of aromatic nitrogens is 3. The summed E-state index contributed by atoms with van der Waals surface area (Å²) in [6.45, 7) is 3.44. The minimum Gasteiger partial charge on any atom is -0.493 e. The van der Waals surface area contributed by atoms with Crippen LogP contribution in [0.2, 0.25) is 0 Å². The molecule has 27 heavy (non-hydrogen) atoms. The Kier molecular flexibility index (Phi) is 5.20. The van der Waals surface area contributed by atoms with Gasteiger partial charge in [-0.3, -0.25) is 4.79 Å². The highest BCUT2D eigenvalue weighted by atomic mass is 16.5. The summed E-state index contributed by atoms with van der Waals surface area (Å²) in [5.41, 5.74) is 0.926. The second-order valence-corrected chi connectivity index (χ2v) is 5.66. The SMILES string of the molecule is COc1ccc(Nc2cc(C(=O)Nc3cc(C)on3)nc(C)n2)cc1OC. The zero-order chi connectivity index (χ0) is 19.4. The van der Waals surface area contributed by atoms with Gasteiger partial charge in [-0.25, -0.2) is 9.97 Å². The van der Waals surface area contributed by atoms with E-state index in [1.165, 1.54) is 0 Å². The third kappa shape index (κ3) is 4.32. The number of nitrogens with one attached hydrogen (secondary N) is 2. The molecule has 0 aliphatic heterocycles. The number of carbonyl (C=O) groups excluding carboxylic acids is 1. The lowest BCUT2D eigenvalue weighted by Gasteiger charge is -2.12. The summed E-state index contributed by atoms with van der Waals surface area (Å²) in [5, 5.41) is 9.50. The first kappa shape index (κ1) is 18.2. The number of ether oxygens (including phenoxy) is 2. The number of hydrogen-bond acceptors (Lipinski definition) is 8. The molecule has 2 N–H and O–H groups in total. The summed E-state index contributed by atoms with van der Waals surface area (Å²) in [5.74, 6) is 2.61. The Balaban J connectivity index is 1.82. The van der Waals surface area contributed by atoms with Gasteiger partial charge in [-0.05, 0) is 26.0 Å². The van der Waals surface area contributed by atoms with Gasteiger partial charge in [0.15, 0.2) is 17.3 Å². The molecule has 1 aromatic carbocycles. The minimum atomic E-state index is -0.413. The molecule has 2 aromatic heterocycles. The predicted molar refractivity (Wildman–Crippen MR) is 98.8 cm³/mol. The molecule has 0 atom stereocenters. The van der Waals surface area contributed by atoms with Crippen LogP contribution in [0.25, 0.3) is 0 Å². The van der Waals surface area contributed by atoms with Crippen LogP contribution in [0.15, 0.2) is 34.9 Å². The van der Waals surface area contributed by atoms with E-state index in [1.807, 2.05) is 6.07 Å². The fourth-order valence-corrected chi connectivity index (χ4v) is 2.42. The Morgan fingerprint density at radius 2 is 1.78 bits per heavy atom. The van der Waals surface area contributed by atoms with Crippen molar-refractivity contribution in [3.05, 3.63) is 47.6 Å². The summed E-state index contributed by atoms with van der Waals surface area (Å²) >= 11 is 0. The Morgan fingerprint density at radius 3 is 2.44 bits per heavy atom. The second kappa shape index (κ2) is 7.73. The van der Waals surface area contributed by atoms with Crippen LogP contribution in [0.1, 0.15) is 22.1 Å². The van der Waals surface area contributed by atoms with Crippen molar-refractivity contribution in [3.8, 4) is 11.5 Å². The van der Waals surface area contributed by atoms with Gasteiger partial charge < -0.3 is 24.6 Å². The van der Waals surface area contributed by atoms with Gasteiger partial charge in [0.1, 0.15) is 23.1 Å². The van der Waals surface area contributed by atoms with Gasteiger partial charge in [0.05, 0.1) is 14.2 Å². The summed E-state index contributed by atoms with van der Waals surface area (Å²) in [6, 6.07) is 8.53. The quantitative estimate of drug-likeness (QED) is 0.682. The normalized spacial score (nSPS) is 10.4. The average molecular weight is 369 g/mol. The van der Waals surface area contributed by atoms with Gasteiger partial charge in [-0.15, -0.1) is 0 Å². The van der Waals surface area contributed by atoms with Crippen molar-refractivity contribution in [1.29, 1.82) is 0 Å². The highest BCUT2D eigenvalue weighted by Gasteiger charge is 2.13. The standard InChI is InChI=1S/C18H19N5O4/c1-10-7-17(23-27-10)22-18(24)13-9-16(20-11(2)19-13)21-12-5-6-14(25-3)15(8-12)26-4/h5-9H,1-4H3,(H,19,20,21)(H,22,23,24). The van der Waals surface area contributed by atoms with E-state index in [9.17, 15) is 4.79 Å². The topological polar surface area (TPSA) is 111 Å². The number of methoxy groups -OCH3 is 2. The van der Waals surface area contributed by atoms with E-state index in [1.54, 1.807) is 52.3 Å². The molecule has 0 spiro atoms. The Morgan fingerprint density at radius 1 is 1.00 bits per heavy atom. The van der Waals surface area contributed by atoms with Crippen molar-refractivity contribution in [1.82, 2.24) is 15.1 Å². The predicted octanol–water partition coefficient (Wildman–Crippen LogP) is 3.09. The van der Waals surface area contributed by atoms with E-state index in [4.69, 9.17) is 14.0 Å². The molecule has 0 bridgehead atoms. The molecule has 0 saturated heterocycles. The maximum Gasteiger partial charge on any atom is 0.275 e. The number of anilines is 3. The first-order chi connectivity index (χ1) is 13.0. The Labute approximate surface area is 155 Å². The summed E-state index contributed by atoms with van der Waals surface area (Å²) < 4.78 is 15.5. The Bertz CT molecular complexity index is 970. The number of rotatable bonds is 6. The molecule has 0 saturated carbocycles. The van der Waals surface area contributed by atoms with Gasteiger partial charge >= 0.3 is 0 Å². The molecule has 2 heterocycles. The van der Waals surface area contributed by atoms with E-state index in [0.717, 1.165) is 5.69 Å². The largest absolute Gasteiger partial charge is 0.493 e. The van der Waals surface area contributed by atoms with Gasteiger partial charge in [-0.1, -0.05) is 5.16 Å². The summed E-state index contributed by atoms with van der Waals surface area (Å²) in [7, 11) is 3.13. The van der Waals surface area contributed by atoms with Gasteiger partial charge in [0, 0.05) is 23.9 Å². The number of benzene rings is 1. The van der Waals surface area contributed by atoms with Crippen LogP contribution in [0.4, 0.5) is 17.3 Å². The molecule has 9 nitrogen and oxygen atoms in total. The van der Waals surface area contributed by atoms with Gasteiger partial charge in [0.25, 0.3) is 5.91 Å². The van der Waals surface area contributed by atoms with E-state index >= 15 is 0 Å². The van der Waals surface area contributed by atoms with Gasteiger partial charge in [-0.2, -0.15) is 0 Å². The molecular weight excluding hydrogens is 350 g/mol. The van der Waals surface area contributed by atoms with Crippen LogP contribution in [0.3, 0.4) is 0 Å². The smallest absolute Gasteiger partial charge is 0.275 e. The lowest BCUT2D eigenvalue weighted by atomic mass is 10.2. The molecule has 140 valence electrons. The fourth-order valence-electron chi connectivity index (χ4n) is 2.42. The van der Waals surface area contributed by atoms with Crippen molar-refractivity contribution >= 4 is 23.2 Å². The fraction of sp³-hybridized carbons (Fsp3) is 0.222. The van der Waals surface area contributed by atoms with Crippen LogP contribution in [-0.2, 0) is 0 Å². The van der Waals surface area contributed by atoms with E-state index in [-0.39, 0.29) is 5.69 Å². The monoisotopic (exact) mass is 369 g/mol. The third-order valence-electron chi connectivity index (χ3n) is 3.60. The van der Waals surface area contributed by atoms with Crippen LogP contribution in [-0.4, -0.2) is 35.3 Å². The highest BCUT2D eigenvalue weighted by molar-refractivity contribution is 6.02. The zero-order valence-electron chi connectivity index (χ0n) is 15.4. The second-order valence-electron chi connectivity index (χ2n) is 5.66. The molecule has 0 fully saturated rings. The summed E-state index contributed by atoms with van der Waals surface area (Å²) in [4.78, 5) is 20.9. The van der Waals surface area contributed by atoms with Crippen LogP contribution in [0.5, 0.6) is 11.5 Å². The third-order valence-corrected chi connectivity index (χ3v) is 3.60. The average Bonchev–Trinajstić information content (AvgIpc) is 3.05. The molecule has 3 aromatic rings. The van der Waals surface area contributed by atoms with Crippen LogP contribution in [0, 0.1) is 13.8 Å². The molecule has 1 amide bonds. The molecule has 0 aliphatic rings. The first-order valence-corrected chi connectivity index (χ1v) is 8.08. The molecule has 0 radical (unpaired) electrons. The number of amides is 1. The van der Waals surface area contributed by atoms with Crippen molar-refractivity contribution < 1.29 is 18.8 Å². The first-order valence-electron chi connectivity index (χ1n) is 8.08. The molecular formula is C18H19N5O4. The van der Waals surface area contributed by atoms with Crippen LogP contribution < -0.4 is 20.1 Å². The number of carbonyl (C=O) groups is 1. The summed E-state index contributed by atoms with van der Waals surface area (Å²) in [6.07, 6.45) is 0. The number of aryl methyl sites for hydroxylation is 2. The number of hydrogen-bond donors (Lipinski definition) is 2. The van der Waals surface area contributed by atoms with E-state index in [0.29, 0.717) is 34.7 Å². The zero-order valence-corrected chi connectivity index (χ0v) is 15.4. The lowest BCUT2D eigenvalue weighted by Crippen LogP contribution is -2.15. The lowest BCUT2D eigenvalue weighted by molar-refractivity contribution is 0.102. The maximum absolute atomic E-state index is 12.4. The molecule has 3 rings (SSSR count). The minimum absolute atomic E-state index is 0.200. The van der Waals surface area contributed by atoms with Crippen molar-refractivity contribution in [2.75, 3.05) is 24.9 Å². The molecule has 9 heteroatoms. The van der Waals surface area contributed by atoms with Crippen molar-refractivity contribution in [2.24, 2.45) is 0 Å². The van der Waals surface area contributed by atoms with Crippen molar-refractivity contribution in [2.45, 2.75) is 13.8 Å². The van der Waals surface area contributed by atoms with Crippen molar-refractivity contribution in [3.63, 3.8) is 0 Å². The highest BCUT2D eigenvalue weighted by Crippen LogP contribution is 2.30.